The summed E-state index contributed by atoms with van der Waals surface area (Å²) in [6, 6.07) is 11.2. The molecule has 0 radical (unpaired) electrons. The predicted molar refractivity (Wildman–Crippen MR) is 120 cm³/mol. The molecule has 1 unspecified atom stereocenters. The van der Waals surface area contributed by atoms with Gasteiger partial charge in [0, 0.05) is 75.5 Å². The summed E-state index contributed by atoms with van der Waals surface area (Å²) in [5, 5.41) is 8.03. The largest absolute Gasteiger partial charge is 0.369 e. The summed E-state index contributed by atoms with van der Waals surface area (Å²) < 4.78 is 0. The van der Waals surface area contributed by atoms with Gasteiger partial charge in [-0.15, -0.1) is 11.3 Å². The molecule has 0 amide bonds. The van der Waals surface area contributed by atoms with Gasteiger partial charge >= 0.3 is 0 Å². The standard InChI is InChI=1S/C21H32N6S/c1-17(26-11-13-27(14-12-26)19-7-5-4-6-8-19)15-25-21(22-3)23-10-9-20-24-16-18(2)28-20/h4-8,16-17H,9-15H2,1-3H3,(H2,22,23,25). The van der Waals surface area contributed by atoms with Crippen molar-refractivity contribution in [3.63, 3.8) is 0 Å². The molecule has 1 atom stereocenters. The second-order valence-corrected chi connectivity index (χ2v) is 8.52. The smallest absolute Gasteiger partial charge is 0.191 e. The Morgan fingerprint density at radius 1 is 1.18 bits per heavy atom. The molecule has 2 aromatic rings. The van der Waals surface area contributed by atoms with Gasteiger partial charge in [-0.3, -0.25) is 9.89 Å². The molecule has 6 nitrogen and oxygen atoms in total. The van der Waals surface area contributed by atoms with Gasteiger partial charge in [0.25, 0.3) is 0 Å². The fourth-order valence-electron chi connectivity index (χ4n) is 3.46. The number of nitrogens with zero attached hydrogens (tertiary/aromatic N) is 4. The molecule has 1 fully saturated rings. The first-order valence-corrected chi connectivity index (χ1v) is 10.9. The highest BCUT2D eigenvalue weighted by Crippen LogP contribution is 2.16. The monoisotopic (exact) mass is 400 g/mol. The summed E-state index contributed by atoms with van der Waals surface area (Å²) in [5.74, 6) is 0.864. The van der Waals surface area contributed by atoms with E-state index in [-0.39, 0.29) is 0 Å². The molecule has 0 spiro atoms. The first-order chi connectivity index (χ1) is 13.7. The van der Waals surface area contributed by atoms with E-state index in [9.17, 15) is 0 Å². The molecule has 1 saturated heterocycles. The van der Waals surface area contributed by atoms with Crippen molar-refractivity contribution in [3.05, 3.63) is 46.4 Å². The molecule has 7 heteroatoms. The highest BCUT2D eigenvalue weighted by atomic mass is 32.1. The highest BCUT2D eigenvalue weighted by Gasteiger charge is 2.21. The lowest BCUT2D eigenvalue weighted by Gasteiger charge is -2.39. The lowest BCUT2D eigenvalue weighted by molar-refractivity contribution is 0.197. The molecule has 1 aliphatic heterocycles. The van der Waals surface area contributed by atoms with Gasteiger partial charge in [0.1, 0.15) is 0 Å². The fraction of sp³-hybridized carbons (Fsp3) is 0.524. The van der Waals surface area contributed by atoms with Crippen LogP contribution in [0.1, 0.15) is 16.8 Å². The second-order valence-electron chi connectivity index (χ2n) is 7.20. The van der Waals surface area contributed by atoms with Gasteiger partial charge in [0.2, 0.25) is 0 Å². The van der Waals surface area contributed by atoms with E-state index in [1.165, 1.54) is 15.6 Å². The van der Waals surface area contributed by atoms with Gasteiger partial charge in [-0.1, -0.05) is 18.2 Å². The van der Waals surface area contributed by atoms with Gasteiger partial charge in [-0.25, -0.2) is 4.98 Å². The van der Waals surface area contributed by atoms with Crippen LogP contribution < -0.4 is 15.5 Å². The molecule has 152 valence electrons. The predicted octanol–water partition coefficient (Wildman–Crippen LogP) is 2.37. The zero-order valence-corrected chi connectivity index (χ0v) is 18.0. The lowest BCUT2D eigenvalue weighted by atomic mass is 10.2. The van der Waals surface area contributed by atoms with E-state index in [1.807, 2.05) is 13.2 Å². The van der Waals surface area contributed by atoms with Crippen molar-refractivity contribution in [1.29, 1.82) is 0 Å². The Morgan fingerprint density at radius 2 is 1.93 bits per heavy atom. The third-order valence-electron chi connectivity index (χ3n) is 5.15. The average molecular weight is 401 g/mol. The number of anilines is 1. The van der Waals surface area contributed by atoms with E-state index in [0.717, 1.165) is 51.6 Å². The van der Waals surface area contributed by atoms with Gasteiger partial charge in [-0.2, -0.15) is 0 Å². The Labute approximate surface area is 172 Å². The van der Waals surface area contributed by atoms with Gasteiger partial charge in [0.15, 0.2) is 5.96 Å². The summed E-state index contributed by atoms with van der Waals surface area (Å²) >= 11 is 1.76. The summed E-state index contributed by atoms with van der Waals surface area (Å²) in [5.41, 5.74) is 1.33. The van der Waals surface area contributed by atoms with E-state index in [4.69, 9.17) is 0 Å². The number of aliphatic imine (C=N–C) groups is 1. The average Bonchev–Trinajstić information content (AvgIpc) is 3.16. The number of aryl methyl sites for hydroxylation is 1. The van der Waals surface area contributed by atoms with E-state index in [1.54, 1.807) is 11.3 Å². The van der Waals surface area contributed by atoms with Crippen molar-refractivity contribution >= 4 is 23.0 Å². The number of piperazine rings is 1. The SMILES string of the molecule is CN=C(NCCc1ncc(C)s1)NCC(C)N1CCN(c2ccccc2)CC1. The summed E-state index contributed by atoms with van der Waals surface area (Å²) in [6.07, 6.45) is 2.86. The zero-order chi connectivity index (χ0) is 19.8. The molecular weight excluding hydrogens is 368 g/mol. The van der Waals surface area contributed by atoms with Gasteiger partial charge in [0.05, 0.1) is 5.01 Å². The van der Waals surface area contributed by atoms with Crippen LogP contribution in [0.2, 0.25) is 0 Å². The van der Waals surface area contributed by atoms with Crippen molar-refractivity contribution < 1.29 is 0 Å². The van der Waals surface area contributed by atoms with Crippen molar-refractivity contribution in [1.82, 2.24) is 20.5 Å². The van der Waals surface area contributed by atoms with Gasteiger partial charge in [-0.05, 0) is 26.0 Å². The maximum Gasteiger partial charge on any atom is 0.191 e. The topological polar surface area (TPSA) is 55.8 Å². The van der Waals surface area contributed by atoms with Crippen LogP contribution in [0.4, 0.5) is 5.69 Å². The van der Waals surface area contributed by atoms with Crippen LogP contribution in [-0.4, -0.2) is 68.2 Å². The number of hydrogen-bond acceptors (Lipinski definition) is 5. The third kappa shape index (κ3) is 5.94. The molecule has 28 heavy (non-hydrogen) atoms. The molecule has 1 aliphatic rings. The third-order valence-corrected chi connectivity index (χ3v) is 6.12. The molecule has 1 aromatic carbocycles. The van der Waals surface area contributed by atoms with Crippen LogP contribution in [0.25, 0.3) is 0 Å². The highest BCUT2D eigenvalue weighted by molar-refractivity contribution is 7.11. The van der Waals surface area contributed by atoms with Crippen molar-refractivity contribution in [3.8, 4) is 0 Å². The van der Waals surface area contributed by atoms with Crippen LogP contribution >= 0.6 is 11.3 Å². The molecule has 1 aromatic heterocycles. The first-order valence-electron chi connectivity index (χ1n) is 10.1. The minimum Gasteiger partial charge on any atom is -0.369 e. The fourth-order valence-corrected chi connectivity index (χ4v) is 4.25. The van der Waals surface area contributed by atoms with Crippen LogP contribution in [0.15, 0.2) is 41.5 Å². The zero-order valence-electron chi connectivity index (χ0n) is 17.2. The number of thiazole rings is 1. The number of rotatable bonds is 7. The number of guanidine groups is 1. The Kier molecular flexibility index (Phi) is 7.68. The number of para-hydroxylation sites is 1. The van der Waals surface area contributed by atoms with E-state index in [2.05, 4.69) is 74.6 Å². The summed E-state index contributed by atoms with van der Waals surface area (Å²) in [6.45, 7) is 10.5. The van der Waals surface area contributed by atoms with Crippen LogP contribution in [0, 0.1) is 6.92 Å². The molecule has 0 saturated carbocycles. The number of hydrogen-bond donors (Lipinski definition) is 2. The molecule has 2 N–H and O–H groups in total. The quantitative estimate of drug-likeness (QED) is 0.552. The maximum atomic E-state index is 4.41. The first kappa shape index (κ1) is 20.6. The molecule has 0 bridgehead atoms. The lowest BCUT2D eigenvalue weighted by Crippen LogP contribution is -2.53. The summed E-state index contributed by atoms with van der Waals surface area (Å²) in [4.78, 5) is 15.0. The van der Waals surface area contributed by atoms with E-state index in [0.29, 0.717) is 6.04 Å². The Morgan fingerprint density at radius 3 is 2.57 bits per heavy atom. The Bertz CT molecular complexity index is 736. The van der Waals surface area contributed by atoms with Crippen LogP contribution in [-0.2, 0) is 6.42 Å². The van der Waals surface area contributed by atoms with E-state index >= 15 is 0 Å². The molecule has 0 aliphatic carbocycles. The van der Waals surface area contributed by atoms with E-state index < -0.39 is 0 Å². The normalized spacial score (nSPS) is 16.8. The van der Waals surface area contributed by atoms with Crippen molar-refractivity contribution in [2.75, 3.05) is 51.2 Å². The number of aromatic nitrogens is 1. The molecule has 2 heterocycles. The molecular formula is C21H32N6S. The maximum absolute atomic E-state index is 4.41. The Balaban J connectivity index is 1.36. The minimum atomic E-state index is 0.470. The van der Waals surface area contributed by atoms with Crippen molar-refractivity contribution in [2.24, 2.45) is 4.99 Å². The van der Waals surface area contributed by atoms with Crippen molar-refractivity contribution in [2.45, 2.75) is 26.3 Å². The second kappa shape index (κ2) is 10.4. The number of nitrogens with one attached hydrogen (secondary N) is 2. The minimum absolute atomic E-state index is 0.470. The van der Waals surface area contributed by atoms with Crippen LogP contribution in [0.5, 0.6) is 0 Å². The summed E-state index contributed by atoms with van der Waals surface area (Å²) in [7, 11) is 1.83. The number of benzene rings is 1. The molecule has 3 rings (SSSR count). The Hall–Kier alpha value is -2.12. The van der Waals surface area contributed by atoms with Gasteiger partial charge < -0.3 is 15.5 Å². The van der Waals surface area contributed by atoms with Crippen LogP contribution in [0.3, 0.4) is 0 Å².